The summed E-state index contributed by atoms with van der Waals surface area (Å²) in [6.45, 7) is 2.05. The molecule has 1 saturated carbocycles. The molecule has 1 aromatic heterocycles. The first-order valence-corrected chi connectivity index (χ1v) is 7.36. The van der Waals surface area contributed by atoms with Crippen LogP contribution in [0.1, 0.15) is 31.2 Å². The first-order chi connectivity index (χ1) is 9.07. The molecule has 1 amide bonds. The fraction of sp³-hybridized carbons (Fsp3) is 0.429. The van der Waals surface area contributed by atoms with E-state index in [0.29, 0.717) is 5.13 Å². The van der Waals surface area contributed by atoms with Gasteiger partial charge in [-0.25, -0.2) is 4.98 Å². The lowest BCUT2D eigenvalue weighted by atomic mass is 9.98. The number of carbonyl (C=O) groups excluding carboxylic acids is 1. The number of anilines is 1. The van der Waals surface area contributed by atoms with Crippen LogP contribution in [-0.2, 0) is 4.79 Å². The van der Waals surface area contributed by atoms with Crippen molar-refractivity contribution in [3.05, 3.63) is 23.8 Å². The Morgan fingerprint density at radius 3 is 2.89 bits per heavy atom. The number of rotatable bonds is 2. The van der Waals surface area contributed by atoms with Crippen LogP contribution in [0.5, 0.6) is 0 Å². The average molecular weight is 275 g/mol. The van der Waals surface area contributed by atoms with Gasteiger partial charge in [-0.05, 0) is 37.5 Å². The second-order valence-corrected chi connectivity index (χ2v) is 6.34. The molecule has 0 saturated heterocycles. The number of nitrogens with zero attached hydrogens (tertiary/aromatic N) is 1. The molecule has 0 unspecified atom stereocenters. The van der Waals surface area contributed by atoms with Crippen molar-refractivity contribution in [2.75, 3.05) is 5.32 Å². The standard InChI is InChI=1S/C14H17N3OS/c1-9-4-5-10-11(8-9)19-13(16-10)17-12(18)14(15)6-2-3-7-14/h4-5,8H,2-3,6-7,15H2,1H3,(H,16,17,18). The summed E-state index contributed by atoms with van der Waals surface area (Å²) >= 11 is 1.50. The SMILES string of the molecule is Cc1ccc2nc(NC(=O)C3(N)CCCC3)sc2c1. The number of carbonyl (C=O) groups is 1. The topological polar surface area (TPSA) is 68.0 Å². The zero-order valence-corrected chi connectivity index (χ0v) is 11.7. The predicted molar refractivity (Wildman–Crippen MR) is 78.4 cm³/mol. The molecule has 0 radical (unpaired) electrons. The van der Waals surface area contributed by atoms with E-state index in [2.05, 4.69) is 16.4 Å². The van der Waals surface area contributed by atoms with Crippen molar-refractivity contribution in [2.45, 2.75) is 38.1 Å². The van der Waals surface area contributed by atoms with Gasteiger partial charge in [0.05, 0.1) is 15.8 Å². The van der Waals surface area contributed by atoms with Gasteiger partial charge in [0.25, 0.3) is 0 Å². The van der Waals surface area contributed by atoms with E-state index in [0.717, 1.165) is 35.9 Å². The maximum absolute atomic E-state index is 12.2. The van der Waals surface area contributed by atoms with Crippen LogP contribution in [0.4, 0.5) is 5.13 Å². The van der Waals surface area contributed by atoms with Gasteiger partial charge in [-0.2, -0.15) is 0 Å². The Balaban J connectivity index is 1.83. The van der Waals surface area contributed by atoms with E-state index in [1.165, 1.54) is 16.9 Å². The number of thiazole rings is 1. The van der Waals surface area contributed by atoms with Crippen molar-refractivity contribution in [1.82, 2.24) is 4.98 Å². The molecule has 1 aliphatic rings. The van der Waals surface area contributed by atoms with Crippen molar-refractivity contribution in [2.24, 2.45) is 5.73 Å². The molecule has 1 aromatic carbocycles. The molecule has 0 spiro atoms. The number of nitrogens with one attached hydrogen (secondary N) is 1. The average Bonchev–Trinajstić information content (AvgIpc) is 2.95. The fourth-order valence-electron chi connectivity index (χ4n) is 2.54. The molecule has 0 atom stereocenters. The quantitative estimate of drug-likeness (QED) is 0.885. The molecule has 1 heterocycles. The normalized spacial score (nSPS) is 17.8. The molecule has 100 valence electrons. The van der Waals surface area contributed by atoms with Gasteiger partial charge < -0.3 is 11.1 Å². The summed E-state index contributed by atoms with van der Waals surface area (Å²) in [7, 11) is 0. The number of aryl methyl sites for hydroxylation is 1. The van der Waals surface area contributed by atoms with Gasteiger partial charge in [0.1, 0.15) is 0 Å². The zero-order valence-electron chi connectivity index (χ0n) is 10.9. The summed E-state index contributed by atoms with van der Waals surface area (Å²) in [5, 5.41) is 3.52. The molecule has 3 N–H and O–H groups in total. The van der Waals surface area contributed by atoms with Crippen LogP contribution < -0.4 is 11.1 Å². The number of fused-ring (bicyclic) bond motifs is 1. The van der Waals surface area contributed by atoms with Crippen LogP contribution in [0.2, 0.25) is 0 Å². The second-order valence-electron chi connectivity index (χ2n) is 5.31. The van der Waals surface area contributed by atoms with E-state index in [9.17, 15) is 4.79 Å². The molecule has 19 heavy (non-hydrogen) atoms. The van der Waals surface area contributed by atoms with Crippen LogP contribution in [0.3, 0.4) is 0 Å². The number of amides is 1. The van der Waals surface area contributed by atoms with Crippen molar-refractivity contribution in [3.63, 3.8) is 0 Å². The minimum absolute atomic E-state index is 0.0965. The second kappa shape index (κ2) is 4.58. The molecular formula is C14H17N3OS. The van der Waals surface area contributed by atoms with E-state index in [-0.39, 0.29) is 5.91 Å². The van der Waals surface area contributed by atoms with E-state index in [1.807, 2.05) is 19.1 Å². The fourth-order valence-corrected chi connectivity index (χ4v) is 3.50. The number of aromatic nitrogens is 1. The third kappa shape index (κ3) is 2.35. The summed E-state index contributed by atoms with van der Waals surface area (Å²) in [4.78, 5) is 16.6. The van der Waals surface area contributed by atoms with Crippen molar-refractivity contribution in [1.29, 1.82) is 0 Å². The minimum atomic E-state index is -0.701. The van der Waals surface area contributed by atoms with Crippen LogP contribution in [0.25, 0.3) is 10.2 Å². The monoisotopic (exact) mass is 275 g/mol. The van der Waals surface area contributed by atoms with E-state index < -0.39 is 5.54 Å². The summed E-state index contributed by atoms with van der Waals surface area (Å²) in [6.07, 6.45) is 3.59. The highest BCUT2D eigenvalue weighted by molar-refractivity contribution is 7.22. The first-order valence-electron chi connectivity index (χ1n) is 6.54. The summed E-state index contributed by atoms with van der Waals surface area (Å²) < 4.78 is 1.09. The highest BCUT2D eigenvalue weighted by Gasteiger charge is 2.37. The molecule has 0 bridgehead atoms. The van der Waals surface area contributed by atoms with Gasteiger partial charge in [-0.3, -0.25) is 4.79 Å². The highest BCUT2D eigenvalue weighted by Crippen LogP contribution is 2.31. The van der Waals surface area contributed by atoms with Gasteiger partial charge in [-0.15, -0.1) is 0 Å². The number of benzene rings is 1. The van der Waals surface area contributed by atoms with Gasteiger partial charge >= 0.3 is 0 Å². The number of hydrogen-bond donors (Lipinski definition) is 2. The smallest absolute Gasteiger partial charge is 0.246 e. The van der Waals surface area contributed by atoms with Crippen LogP contribution in [-0.4, -0.2) is 16.4 Å². The molecule has 1 aliphatic carbocycles. The van der Waals surface area contributed by atoms with Gasteiger partial charge in [0.2, 0.25) is 5.91 Å². The maximum Gasteiger partial charge on any atom is 0.246 e. The minimum Gasteiger partial charge on any atom is -0.317 e. The summed E-state index contributed by atoms with van der Waals surface area (Å²) in [6, 6.07) is 6.08. The third-order valence-corrected chi connectivity index (χ3v) is 4.65. The molecular weight excluding hydrogens is 258 g/mol. The Bertz CT molecular complexity index is 629. The molecule has 4 nitrogen and oxygen atoms in total. The Kier molecular flexibility index (Phi) is 3.03. The van der Waals surface area contributed by atoms with Gasteiger partial charge in [0, 0.05) is 0 Å². The van der Waals surface area contributed by atoms with Crippen LogP contribution >= 0.6 is 11.3 Å². The van der Waals surface area contributed by atoms with Gasteiger partial charge in [0.15, 0.2) is 5.13 Å². The molecule has 5 heteroatoms. The maximum atomic E-state index is 12.2. The largest absolute Gasteiger partial charge is 0.317 e. The lowest BCUT2D eigenvalue weighted by Crippen LogP contribution is -2.48. The van der Waals surface area contributed by atoms with E-state index >= 15 is 0 Å². The summed E-state index contributed by atoms with van der Waals surface area (Å²) in [5.74, 6) is -0.0965. The molecule has 0 aliphatic heterocycles. The Hall–Kier alpha value is -1.46. The van der Waals surface area contributed by atoms with Crippen molar-refractivity contribution >= 4 is 32.6 Å². The van der Waals surface area contributed by atoms with Crippen molar-refractivity contribution < 1.29 is 4.79 Å². The Labute approximate surface area is 116 Å². The predicted octanol–water partition coefficient (Wildman–Crippen LogP) is 2.81. The molecule has 3 rings (SSSR count). The Morgan fingerprint density at radius 2 is 2.16 bits per heavy atom. The third-order valence-electron chi connectivity index (χ3n) is 3.71. The highest BCUT2D eigenvalue weighted by atomic mass is 32.1. The Morgan fingerprint density at radius 1 is 1.42 bits per heavy atom. The summed E-state index contributed by atoms with van der Waals surface area (Å²) in [5.41, 5.74) is 7.55. The lowest BCUT2D eigenvalue weighted by molar-refractivity contribution is -0.120. The molecule has 2 aromatic rings. The molecule has 1 fully saturated rings. The number of hydrogen-bond acceptors (Lipinski definition) is 4. The van der Waals surface area contributed by atoms with Crippen LogP contribution in [0.15, 0.2) is 18.2 Å². The van der Waals surface area contributed by atoms with Gasteiger partial charge in [-0.1, -0.05) is 30.2 Å². The van der Waals surface area contributed by atoms with E-state index in [1.54, 1.807) is 0 Å². The van der Waals surface area contributed by atoms with Crippen molar-refractivity contribution in [3.8, 4) is 0 Å². The lowest BCUT2D eigenvalue weighted by Gasteiger charge is -2.21. The van der Waals surface area contributed by atoms with E-state index in [4.69, 9.17) is 5.73 Å². The number of nitrogens with two attached hydrogens (primary N) is 1. The van der Waals surface area contributed by atoms with Crippen LogP contribution in [0, 0.1) is 6.92 Å². The first kappa shape index (κ1) is 12.6. The zero-order chi connectivity index (χ0) is 13.5.